The van der Waals surface area contributed by atoms with Gasteiger partial charge in [-0.3, -0.25) is 14.9 Å². The highest BCUT2D eigenvalue weighted by molar-refractivity contribution is 5.98. The van der Waals surface area contributed by atoms with Crippen LogP contribution in [0.5, 0.6) is 0 Å². The number of carbonyl (C=O) groups is 3. The average Bonchev–Trinajstić information content (AvgIpc) is 3.20. The second kappa shape index (κ2) is 9.22. The third-order valence-corrected chi connectivity index (χ3v) is 3.82. The van der Waals surface area contributed by atoms with Gasteiger partial charge in [0, 0.05) is 0 Å². The Kier molecular flexibility index (Phi) is 6.25. The highest BCUT2D eigenvalue weighted by Gasteiger charge is 2.13. The second-order valence-corrected chi connectivity index (χ2v) is 6.00. The topological polar surface area (TPSA) is 103 Å². The molecule has 2 amide bonds. The molecule has 0 aliphatic carbocycles. The Hall–Kier alpha value is -3.81. The molecule has 1 aromatic heterocycles. The summed E-state index contributed by atoms with van der Waals surface area (Å²) in [4.78, 5) is 39.5. The summed E-state index contributed by atoms with van der Waals surface area (Å²) in [5.74, 6) is -1.76. The van der Waals surface area contributed by atoms with Gasteiger partial charge in [0.1, 0.15) is 12.7 Å². The van der Waals surface area contributed by atoms with Crippen LogP contribution in [0.2, 0.25) is 0 Å². The van der Waals surface area contributed by atoms with Gasteiger partial charge in [0.15, 0.2) is 6.61 Å². The van der Waals surface area contributed by atoms with Gasteiger partial charge >= 0.3 is 5.97 Å². The molecule has 2 aromatic carbocycles. The molecular formula is C20H18N4O4. The summed E-state index contributed by atoms with van der Waals surface area (Å²) < 4.78 is 6.61. The first kappa shape index (κ1) is 19.0. The van der Waals surface area contributed by atoms with Crippen molar-refractivity contribution < 1.29 is 19.1 Å². The Bertz CT molecular complexity index is 938. The fraction of sp³-hybridized carbons (Fsp3) is 0.150. The number of ether oxygens (including phenoxy) is 1. The van der Waals surface area contributed by atoms with Crippen LogP contribution in [-0.4, -0.2) is 39.2 Å². The van der Waals surface area contributed by atoms with Crippen LogP contribution in [0, 0.1) is 0 Å². The van der Waals surface area contributed by atoms with E-state index in [1.165, 1.54) is 6.33 Å². The first-order valence-electron chi connectivity index (χ1n) is 8.55. The van der Waals surface area contributed by atoms with Gasteiger partial charge in [0.2, 0.25) is 5.91 Å². The quantitative estimate of drug-likeness (QED) is 0.623. The van der Waals surface area contributed by atoms with E-state index in [1.807, 2.05) is 18.2 Å². The molecule has 1 N–H and O–H groups in total. The summed E-state index contributed by atoms with van der Waals surface area (Å²) in [5, 5.41) is 6.21. The van der Waals surface area contributed by atoms with Gasteiger partial charge in [-0.15, -0.1) is 0 Å². The van der Waals surface area contributed by atoms with Gasteiger partial charge < -0.3 is 4.74 Å². The van der Waals surface area contributed by atoms with E-state index in [1.54, 1.807) is 47.4 Å². The SMILES string of the molecule is O=C(COC(=O)c1ccc(Cn2cncn2)cc1)NC(=O)Cc1ccccc1. The number of hydrogen-bond acceptors (Lipinski definition) is 6. The number of amides is 2. The van der Waals surface area contributed by atoms with Crippen molar-refractivity contribution >= 4 is 17.8 Å². The number of rotatable bonds is 7. The number of nitrogens with one attached hydrogen (secondary N) is 1. The maximum absolute atomic E-state index is 12.0. The van der Waals surface area contributed by atoms with Crippen LogP contribution < -0.4 is 5.32 Å². The fourth-order valence-electron chi connectivity index (χ4n) is 2.48. The lowest BCUT2D eigenvalue weighted by atomic mass is 10.1. The molecule has 1 heterocycles. The highest BCUT2D eigenvalue weighted by Crippen LogP contribution is 2.07. The van der Waals surface area contributed by atoms with Gasteiger partial charge in [-0.05, 0) is 23.3 Å². The molecule has 142 valence electrons. The Balaban J connectivity index is 1.44. The van der Waals surface area contributed by atoms with Crippen LogP contribution in [0.1, 0.15) is 21.5 Å². The van der Waals surface area contributed by atoms with E-state index >= 15 is 0 Å². The van der Waals surface area contributed by atoms with Crippen molar-refractivity contribution in [1.82, 2.24) is 20.1 Å². The van der Waals surface area contributed by atoms with Crippen molar-refractivity contribution in [2.24, 2.45) is 0 Å². The maximum atomic E-state index is 12.0. The van der Waals surface area contributed by atoms with E-state index < -0.39 is 24.4 Å². The van der Waals surface area contributed by atoms with E-state index in [-0.39, 0.29) is 6.42 Å². The van der Waals surface area contributed by atoms with Crippen molar-refractivity contribution in [1.29, 1.82) is 0 Å². The monoisotopic (exact) mass is 378 g/mol. The van der Waals surface area contributed by atoms with Crippen molar-refractivity contribution in [2.45, 2.75) is 13.0 Å². The molecule has 8 heteroatoms. The lowest BCUT2D eigenvalue weighted by Crippen LogP contribution is -2.35. The molecule has 0 unspecified atom stereocenters. The van der Waals surface area contributed by atoms with E-state index in [4.69, 9.17) is 4.74 Å². The van der Waals surface area contributed by atoms with Crippen molar-refractivity contribution in [3.8, 4) is 0 Å². The molecular weight excluding hydrogens is 360 g/mol. The van der Waals surface area contributed by atoms with Gasteiger partial charge in [0.25, 0.3) is 5.91 Å². The van der Waals surface area contributed by atoms with Gasteiger partial charge in [-0.25, -0.2) is 14.5 Å². The maximum Gasteiger partial charge on any atom is 0.338 e. The van der Waals surface area contributed by atoms with Gasteiger partial charge in [0.05, 0.1) is 18.5 Å². The first-order chi connectivity index (χ1) is 13.6. The predicted octanol–water partition coefficient (Wildman–Crippen LogP) is 1.37. The average molecular weight is 378 g/mol. The standard InChI is InChI=1S/C20H18N4O4/c25-18(10-15-4-2-1-3-5-15)23-19(26)12-28-20(27)17-8-6-16(7-9-17)11-24-14-21-13-22-24/h1-9,13-14H,10-12H2,(H,23,25,26). The number of benzene rings is 2. The summed E-state index contributed by atoms with van der Waals surface area (Å²) in [5.41, 5.74) is 2.04. The lowest BCUT2D eigenvalue weighted by Gasteiger charge is -2.07. The molecule has 0 bridgehead atoms. The molecule has 0 saturated heterocycles. The molecule has 0 spiro atoms. The van der Waals surface area contributed by atoms with Crippen molar-refractivity contribution in [3.63, 3.8) is 0 Å². The van der Waals surface area contributed by atoms with E-state index in [0.29, 0.717) is 12.1 Å². The molecule has 8 nitrogen and oxygen atoms in total. The molecule has 0 atom stereocenters. The number of hydrogen-bond donors (Lipinski definition) is 1. The molecule has 0 aliphatic heterocycles. The number of carbonyl (C=O) groups excluding carboxylic acids is 3. The zero-order valence-corrected chi connectivity index (χ0v) is 14.9. The Morgan fingerprint density at radius 2 is 1.68 bits per heavy atom. The van der Waals surface area contributed by atoms with Crippen LogP contribution in [0.15, 0.2) is 67.3 Å². The fourth-order valence-corrected chi connectivity index (χ4v) is 2.48. The normalized spacial score (nSPS) is 10.3. The predicted molar refractivity (Wildman–Crippen MR) is 99.1 cm³/mol. The Morgan fingerprint density at radius 3 is 2.36 bits per heavy atom. The largest absolute Gasteiger partial charge is 0.452 e. The van der Waals surface area contributed by atoms with E-state index in [2.05, 4.69) is 15.4 Å². The third kappa shape index (κ3) is 5.60. The number of imide groups is 1. The second-order valence-electron chi connectivity index (χ2n) is 6.00. The molecule has 3 aromatic rings. The molecule has 0 radical (unpaired) electrons. The zero-order chi connectivity index (χ0) is 19.8. The molecule has 0 fully saturated rings. The minimum absolute atomic E-state index is 0.0771. The van der Waals surface area contributed by atoms with E-state index in [0.717, 1.165) is 11.1 Å². The summed E-state index contributed by atoms with van der Waals surface area (Å²) in [6.45, 7) is 0.00132. The molecule has 3 rings (SSSR count). The summed E-state index contributed by atoms with van der Waals surface area (Å²) in [6, 6.07) is 15.8. The van der Waals surface area contributed by atoms with Crippen molar-refractivity contribution in [3.05, 3.63) is 83.9 Å². The minimum atomic E-state index is -0.669. The van der Waals surface area contributed by atoms with Crippen LogP contribution in [-0.2, 0) is 27.3 Å². The van der Waals surface area contributed by atoms with Crippen LogP contribution in [0.25, 0.3) is 0 Å². The van der Waals surface area contributed by atoms with Crippen LogP contribution in [0.4, 0.5) is 0 Å². The summed E-state index contributed by atoms with van der Waals surface area (Å²) in [6.07, 6.45) is 3.12. The molecule has 0 saturated carbocycles. The minimum Gasteiger partial charge on any atom is -0.452 e. The Labute approximate surface area is 161 Å². The highest BCUT2D eigenvalue weighted by atomic mass is 16.5. The molecule has 28 heavy (non-hydrogen) atoms. The number of esters is 1. The number of aromatic nitrogens is 3. The number of nitrogens with zero attached hydrogens (tertiary/aromatic N) is 3. The summed E-state index contributed by atoms with van der Waals surface area (Å²) in [7, 11) is 0. The Morgan fingerprint density at radius 1 is 0.929 bits per heavy atom. The smallest absolute Gasteiger partial charge is 0.338 e. The third-order valence-electron chi connectivity index (χ3n) is 3.82. The van der Waals surface area contributed by atoms with Gasteiger partial charge in [-0.2, -0.15) is 5.10 Å². The van der Waals surface area contributed by atoms with E-state index in [9.17, 15) is 14.4 Å². The first-order valence-corrected chi connectivity index (χ1v) is 8.55. The molecule has 0 aliphatic rings. The van der Waals surface area contributed by atoms with Crippen molar-refractivity contribution in [2.75, 3.05) is 6.61 Å². The van der Waals surface area contributed by atoms with Crippen LogP contribution in [0.3, 0.4) is 0 Å². The zero-order valence-electron chi connectivity index (χ0n) is 14.9. The summed E-state index contributed by atoms with van der Waals surface area (Å²) >= 11 is 0. The van der Waals surface area contributed by atoms with Crippen LogP contribution >= 0.6 is 0 Å². The lowest BCUT2D eigenvalue weighted by molar-refractivity contribution is -0.132. The van der Waals surface area contributed by atoms with Gasteiger partial charge in [-0.1, -0.05) is 42.5 Å².